The van der Waals surface area contributed by atoms with Gasteiger partial charge in [0.2, 0.25) is 0 Å². The molecule has 0 radical (unpaired) electrons. The maximum Gasteiger partial charge on any atom is 0.312 e. The quantitative estimate of drug-likeness (QED) is 0.594. The molecule has 2 rings (SSSR count). The van der Waals surface area contributed by atoms with Gasteiger partial charge in [0.1, 0.15) is 0 Å². The Morgan fingerprint density at radius 2 is 2.25 bits per heavy atom. The molecule has 1 aliphatic carbocycles. The fraction of sp³-hybridized carbons (Fsp3) is 0.909. The van der Waals surface area contributed by atoms with E-state index < -0.39 is 6.03 Å². The van der Waals surface area contributed by atoms with Crippen LogP contribution >= 0.6 is 0 Å². The highest BCUT2D eigenvalue weighted by atomic mass is 16.5. The standard InChI is InChI=1S/C11H21N3O2/c1-11(2)8(7-3-6-16-9(7)11)13-4-5-14-10(12)15/h7-9,13H,3-6H2,1-2H3,(H3,12,14,15). The number of amides is 2. The van der Waals surface area contributed by atoms with E-state index in [1.807, 2.05) is 0 Å². The van der Waals surface area contributed by atoms with E-state index in [1.165, 1.54) is 0 Å². The fourth-order valence-electron chi connectivity index (χ4n) is 3.15. The van der Waals surface area contributed by atoms with Gasteiger partial charge >= 0.3 is 6.03 Å². The largest absolute Gasteiger partial charge is 0.377 e. The third-order valence-electron chi connectivity index (χ3n) is 3.89. The SMILES string of the molecule is CC1(C)C(NCCNC(N)=O)C2CCOC21. The summed E-state index contributed by atoms with van der Waals surface area (Å²) < 4.78 is 5.71. The van der Waals surface area contributed by atoms with Gasteiger partial charge in [-0.25, -0.2) is 4.79 Å². The Morgan fingerprint density at radius 3 is 2.94 bits per heavy atom. The van der Waals surface area contributed by atoms with Crippen molar-refractivity contribution >= 4 is 6.03 Å². The van der Waals surface area contributed by atoms with E-state index in [-0.39, 0.29) is 5.41 Å². The lowest BCUT2D eigenvalue weighted by Gasteiger charge is -2.55. The summed E-state index contributed by atoms with van der Waals surface area (Å²) in [4.78, 5) is 10.5. The number of carbonyl (C=O) groups is 1. The number of urea groups is 1. The van der Waals surface area contributed by atoms with Crippen LogP contribution in [0.25, 0.3) is 0 Å². The predicted molar refractivity (Wildman–Crippen MR) is 61.0 cm³/mol. The first-order valence-electron chi connectivity index (χ1n) is 5.92. The summed E-state index contributed by atoms with van der Waals surface area (Å²) >= 11 is 0. The minimum atomic E-state index is -0.461. The number of hydrogen-bond donors (Lipinski definition) is 3. The van der Waals surface area contributed by atoms with Gasteiger partial charge in [0.15, 0.2) is 0 Å². The summed E-state index contributed by atoms with van der Waals surface area (Å²) in [5, 5.41) is 6.07. The second-order valence-corrected chi connectivity index (χ2v) is 5.29. The van der Waals surface area contributed by atoms with Gasteiger partial charge in [-0.05, 0) is 6.42 Å². The Kier molecular flexibility index (Phi) is 3.08. The van der Waals surface area contributed by atoms with E-state index in [0.717, 1.165) is 19.6 Å². The molecule has 92 valence electrons. The predicted octanol–water partition coefficient (Wildman–Crippen LogP) is 0.0578. The van der Waals surface area contributed by atoms with Crippen LogP contribution < -0.4 is 16.4 Å². The van der Waals surface area contributed by atoms with Gasteiger partial charge in [0, 0.05) is 37.1 Å². The first kappa shape index (κ1) is 11.7. The van der Waals surface area contributed by atoms with Crippen molar-refractivity contribution in [3.8, 4) is 0 Å². The third-order valence-corrected chi connectivity index (χ3v) is 3.89. The lowest BCUT2D eigenvalue weighted by atomic mass is 9.57. The minimum absolute atomic E-state index is 0.202. The topological polar surface area (TPSA) is 76.4 Å². The Bertz CT molecular complexity index is 280. The van der Waals surface area contributed by atoms with Crippen molar-refractivity contribution in [2.24, 2.45) is 17.1 Å². The number of ether oxygens (including phenoxy) is 1. The molecule has 1 saturated heterocycles. The second-order valence-electron chi connectivity index (χ2n) is 5.29. The van der Waals surface area contributed by atoms with Gasteiger partial charge in [0.05, 0.1) is 6.10 Å². The van der Waals surface area contributed by atoms with Crippen molar-refractivity contribution in [1.29, 1.82) is 0 Å². The Balaban J connectivity index is 1.75. The molecule has 2 amide bonds. The summed E-state index contributed by atoms with van der Waals surface area (Å²) in [6.45, 7) is 6.70. The second kappa shape index (κ2) is 4.22. The van der Waals surface area contributed by atoms with Crippen molar-refractivity contribution in [3.63, 3.8) is 0 Å². The molecular formula is C11H21N3O2. The summed E-state index contributed by atoms with van der Waals surface area (Å²) in [7, 11) is 0. The number of nitrogens with two attached hydrogens (primary N) is 1. The average molecular weight is 227 g/mol. The molecule has 2 fully saturated rings. The fourth-order valence-corrected chi connectivity index (χ4v) is 3.15. The molecule has 16 heavy (non-hydrogen) atoms. The highest BCUT2D eigenvalue weighted by Crippen LogP contribution is 2.51. The summed E-state index contributed by atoms with van der Waals surface area (Å²) in [6, 6.07) is 0.0337. The number of primary amides is 1. The van der Waals surface area contributed by atoms with Gasteiger partial charge in [-0.15, -0.1) is 0 Å². The van der Waals surface area contributed by atoms with Crippen molar-refractivity contribution < 1.29 is 9.53 Å². The zero-order valence-corrected chi connectivity index (χ0v) is 9.95. The molecule has 1 saturated carbocycles. The molecule has 5 heteroatoms. The van der Waals surface area contributed by atoms with Crippen LogP contribution in [0, 0.1) is 11.3 Å². The lowest BCUT2D eigenvalue weighted by molar-refractivity contribution is -0.112. The van der Waals surface area contributed by atoms with Crippen molar-refractivity contribution in [2.45, 2.75) is 32.4 Å². The average Bonchev–Trinajstić information content (AvgIpc) is 2.63. The highest BCUT2D eigenvalue weighted by molar-refractivity contribution is 5.71. The number of fused-ring (bicyclic) bond motifs is 1. The van der Waals surface area contributed by atoms with E-state index in [2.05, 4.69) is 24.5 Å². The van der Waals surface area contributed by atoms with Crippen LogP contribution in [-0.2, 0) is 4.74 Å². The zero-order valence-electron chi connectivity index (χ0n) is 9.95. The first-order valence-corrected chi connectivity index (χ1v) is 5.92. The molecule has 1 aliphatic heterocycles. The van der Waals surface area contributed by atoms with E-state index >= 15 is 0 Å². The van der Waals surface area contributed by atoms with Crippen LogP contribution in [0.3, 0.4) is 0 Å². The lowest BCUT2D eigenvalue weighted by Crippen LogP contribution is -2.66. The molecule has 0 spiro atoms. The third kappa shape index (κ3) is 1.89. The molecule has 0 aromatic carbocycles. The van der Waals surface area contributed by atoms with E-state index in [0.29, 0.717) is 24.6 Å². The number of nitrogens with one attached hydrogen (secondary N) is 2. The minimum Gasteiger partial charge on any atom is -0.377 e. The highest BCUT2D eigenvalue weighted by Gasteiger charge is 2.58. The molecule has 4 N–H and O–H groups in total. The van der Waals surface area contributed by atoms with Gasteiger partial charge in [-0.1, -0.05) is 13.8 Å². The van der Waals surface area contributed by atoms with Crippen molar-refractivity contribution in [1.82, 2.24) is 10.6 Å². The maximum absolute atomic E-state index is 10.5. The van der Waals surface area contributed by atoms with Crippen LogP contribution in [0.15, 0.2) is 0 Å². The maximum atomic E-state index is 10.5. The van der Waals surface area contributed by atoms with Gasteiger partial charge in [-0.2, -0.15) is 0 Å². The van der Waals surface area contributed by atoms with Crippen LogP contribution in [-0.4, -0.2) is 37.9 Å². The monoisotopic (exact) mass is 227 g/mol. The van der Waals surface area contributed by atoms with E-state index in [9.17, 15) is 4.79 Å². The van der Waals surface area contributed by atoms with Gasteiger partial charge in [0.25, 0.3) is 0 Å². The normalized spacial score (nSPS) is 35.2. The number of hydrogen-bond acceptors (Lipinski definition) is 3. The molecular weight excluding hydrogens is 206 g/mol. The Hall–Kier alpha value is -0.810. The van der Waals surface area contributed by atoms with Gasteiger partial charge in [-0.3, -0.25) is 0 Å². The Morgan fingerprint density at radius 1 is 1.50 bits per heavy atom. The van der Waals surface area contributed by atoms with Crippen LogP contribution in [0.2, 0.25) is 0 Å². The summed E-state index contributed by atoms with van der Waals surface area (Å²) in [5.74, 6) is 0.642. The molecule has 0 bridgehead atoms. The number of carbonyl (C=O) groups excluding carboxylic acids is 1. The van der Waals surface area contributed by atoms with Crippen molar-refractivity contribution in [2.75, 3.05) is 19.7 Å². The molecule has 2 aliphatic rings. The smallest absolute Gasteiger partial charge is 0.312 e. The molecule has 0 aromatic rings. The van der Waals surface area contributed by atoms with E-state index in [4.69, 9.17) is 10.5 Å². The molecule has 0 aromatic heterocycles. The van der Waals surface area contributed by atoms with Crippen LogP contribution in [0.4, 0.5) is 4.79 Å². The summed E-state index contributed by atoms with van der Waals surface area (Å²) in [6.07, 6.45) is 1.56. The molecule has 5 nitrogen and oxygen atoms in total. The number of rotatable bonds is 4. The van der Waals surface area contributed by atoms with Crippen LogP contribution in [0.5, 0.6) is 0 Å². The Labute approximate surface area is 96.1 Å². The summed E-state index contributed by atoms with van der Waals surface area (Å²) in [5.41, 5.74) is 5.20. The first-order chi connectivity index (χ1) is 7.53. The molecule has 1 heterocycles. The van der Waals surface area contributed by atoms with Crippen molar-refractivity contribution in [3.05, 3.63) is 0 Å². The van der Waals surface area contributed by atoms with E-state index in [1.54, 1.807) is 0 Å². The molecule has 3 atom stereocenters. The molecule has 3 unspecified atom stereocenters. The van der Waals surface area contributed by atoms with Gasteiger partial charge < -0.3 is 21.1 Å². The zero-order chi connectivity index (χ0) is 11.8. The van der Waals surface area contributed by atoms with Crippen LogP contribution in [0.1, 0.15) is 20.3 Å².